The molecule has 1 heterocycles. The number of hydrogen-bond donors (Lipinski definition) is 2. The lowest BCUT2D eigenvalue weighted by Gasteiger charge is -2.22. The van der Waals surface area contributed by atoms with Gasteiger partial charge in [-0.15, -0.1) is 11.3 Å². The summed E-state index contributed by atoms with van der Waals surface area (Å²) in [6.07, 6.45) is -2.98. The largest absolute Gasteiger partial charge is 0.416 e. The van der Waals surface area contributed by atoms with E-state index in [4.69, 9.17) is 5.73 Å². The predicted molar refractivity (Wildman–Crippen MR) is 91.9 cm³/mol. The van der Waals surface area contributed by atoms with Gasteiger partial charge in [0, 0.05) is 10.9 Å². The Morgan fingerprint density at radius 1 is 1.28 bits per heavy atom. The van der Waals surface area contributed by atoms with E-state index in [9.17, 15) is 18.0 Å². The number of alkyl halides is 3. The molecule has 2 aromatic rings. The average molecular weight is 371 g/mol. The van der Waals surface area contributed by atoms with Crippen molar-refractivity contribution >= 4 is 17.2 Å². The van der Waals surface area contributed by atoms with Gasteiger partial charge in [0.25, 0.3) is 0 Å². The van der Waals surface area contributed by atoms with Crippen LogP contribution in [0.15, 0.2) is 29.6 Å². The second kappa shape index (κ2) is 7.53. The first kappa shape index (κ1) is 19.4. The average Bonchev–Trinajstić information content (AvgIpc) is 3.00. The molecule has 3 N–H and O–H groups in total. The van der Waals surface area contributed by atoms with Crippen molar-refractivity contribution in [2.45, 2.75) is 44.9 Å². The van der Waals surface area contributed by atoms with Crippen LogP contribution in [0.5, 0.6) is 0 Å². The standard InChI is InChI=1S/C17H20F3N3OS/c1-3-8-16(2,21)15(24)22-9-13-10-25-14(23-13)11-4-6-12(7-5-11)17(18,19)20/h4-7,10H,3,8-9,21H2,1-2H3,(H,22,24). The molecule has 136 valence electrons. The van der Waals surface area contributed by atoms with E-state index in [1.54, 1.807) is 12.3 Å². The summed E-state index contributed by atoms with van der Waals surface area (Å²) >= 11 is 1.31. The van der Waals surface area contributed by atoms with Gasteiger partial charge in [0.2, 0.25) is 5.91 Å². The van der Waals surface area contributed by atoms with Crippen LogP contribution in [-0.4, -0.2) is 16.4 Å². The van der Waals surface area contributed by atoms with Gasteiger partial charge in [-0.3, -0.25) is 4.79 Å². The van der Waals surface area contributed by atoms with Crippen LogP contribution in [0.3, 0.4) is 0 Å². The lowest BCUT2D eigenvalue weighted by Crippen LogP contribution is -2.51. The zero-order chi connectivity index (χ0) is 18.7. The molecule has 1 aromatic carbocycles. The molecule has 0 aliphatic rings. The van der Waals surface area contributed by atoms with E-state index in [1.165, 1.54) is 23.5 Å². The molecule has 1 aromatic heterocycles. The molecule has 0 radical (unpaired) electrons. The zero-order valence-electron chi connectivity index (χ0n) is 14.0. The SMILES string of the molecule is CCCC(C)(N)C(=O)NCc1csc(-c2ccc(C(F)(F)F)cc2)n1. The van der Waals surface area contributed by atoms with Crippen molar-refractivity contribution in [3.05, 3.63) is 40.9 Å². The van der Waals surface area contributed by atoms with Crippen LogP contribution in [0.25, 0.3) is 10.6 Å². The summed E-state index contributed by atoms with van der Waals surface area (Å²) in [5.41, 5.74) is 5.57. The summed E-state index contributed by atoms with van der Waals surface area (Å²) in [5.74, 6) is -0.251. The van der Waals surface area contributed by atoms with Crippen LogP contribution in [-0.2, 0) is 17.5 Å². The number of nitrogens with zero attached hydrogens (tertiary/aromatic N) is 1. The molecule has 4 nitrogen and oxygen atoms in total. The molecule has 1 atom stereocenters. The van der Waals surface area contributed by atoms with Gasteiger partial charge in [-0.1, -0.05) is 25.5 Å². The summed E-state index contributed by atoms with van der Waals surface area (Å²) in [5, 5.41) is 5.11. The Balaban J connectivity index is 2.02. The number of thiazole rings is 1. The number of carbonyl (C=O) groups excluding carboxylic acids is 1. The van der Waals surface area contributed by atoms with Gasteiger partial charge < -0.3 is 11.1 Å². The van der Waals surface area contributed by atoms with Gasteiger partial charge in [-0.25, -0.2) is 4.98 Å². The second-order valence-electron chi connectivity index (χ2n) is 6.07. The molecule has 0 aliphatic carbocycles. The number of amides is 1. The first-order valence-corrected chi connectivity index (χ1v) is 8.70. The van der Waals surface area contributed by atoms with E-state index >= 15 is 0 Å². The highest BCUT2D eigenvalue weighted by atomic mass is 32.1. The lowest BCUT2D eigenvalue weighted by atomic mass is 9.96. The first-order chi connectivity index (χ1) is 11.6. The molecule has 1 amide bonds. The van der Waals surface area contributed by atoms with Crippen molar-refractivity contribution in [1.29, 1.82) is 0 Å². The van der Waals surface area contributed by atoms with Crippen LogP contribution in [0.4, 0.5) is 13.2 Å². The van der Waals surface area contributed by atoms with E-state index in [0.29, 0.717) is 22.7 Å². The van der Waals surface area contributed by atoms with Gasteiger partial charge in [0.05, 0.1) is 23.3 Å². The molecule has 0 saturated carbocycles. The van der Waals surface area contributed by atoms with Crippen LogP contribution in [0.1, 0.15) is 37.9 Å². The van der Waals surface area contributed by atoms with E-state index in [1.807, 2.05) is 6.92 Å². The summed E-state index contributed by atoms with van der Waals surface area (Å²) in [4.78, 5) is 16.4. The molecule has 2 rings (SSSR count). The Bertz CT molecular complexity index is 723. The molecule has 0 spiro atoms. The number of nitrogens with one attached hydrogen (secondary N) is 1. The second-order valence-corrected chi connectivity index (χ2v) is 6.93. The summed E-state index contributed by atoms with van der Waals surface area (Å²) in [6.45, 7) is 3.86. The van der Waals surface area contributed by atoms with Crippen molar-refractivity contribution < 1.29 is 18.0 Å². The fourth-order valence-corrected chi connectivity index (χ4v) is 3.15. The minimum absolute atomic E-state index is 0.229. The minimum Gasteiger partial charge on any atom is -0.349 e. The molecule has 0 aliphatic heterocycles. The molecule has 8 heteroatoms. The van der Waals surface area contributed by atoms with Crippen molar-refractivity contribution in [3.63, 3.8) is 0 Å². The number of carbonyl (C=O) groups is 1. The van der Waals surface area contributed by atoms with Crippen molar-refractivity contribution in [2.24, 2.45) is 5.73 Å². The summed E-state index contributed by atoms with van der Waals surface area (Å²) in [7, 11) is 0. The van der Waals surface area contributed by atoms with Crippen molar-refractivity contribution in [3.8, 4) is 10.6 Å². The number of benzene rings is 1. The van der Waals surface area contributed by atoms with Gasteiger partial charge in [0.15, 0.2) is 0 Å². The van der Waals surface area contributed by atoms with Gasteiger partial charge >= 0.3 is 6.18 Å². The highest BCUT2D eigenvalue weighted by Crippen LogP contribution is 2.31. The number of nitrogens with two attached hydrogens (primary N) is 1. The Hall–Kier alpha value is -1.93. The minimum atomic E-state index is -4.36. The maximum atomic E-state index is 12.6. The topological polar surface area (TPSA) is 68.0 Å². The Morgan fingerprint density at radius 3 is 2.48 bits per heavy atom. The highest BCUT2D eigenvalue weighted by Gasteiger charge is 2.30. The Kier molecular flexibility index (Phi) is 5.84. The van der Waals surface area contributed by atoms with Gasteiger partial charge in [0.1, 0.15) is 5.01 Å². The molecule has 25 heavy (non-hydrogen) atoms. The predicted octanol–water partition coefficient (Wildman–Crippen LogP) is 3.96. The van der Waals surface area contributed by atoms with Gasteiger partial charge in [-0.05, 0) is 25.5 Å². The number of aromatic nitrogens is 1. The molecule has 0 saturated heterocycles. The molecular weight excluding hydrogens is 351 g/mol. The van der Waals surface area contributed by atoms with E-state index < -0.39 is 17.3 Å². The summed E-state index contributed by atoms with van der Waals surface area (Å²) in [6, 6.07) is 4.84. The van der Waals surface area contributed by atoms with E-state index in [2.05, 4.69) is 10.3 Å². The van der Waals surface area contributed by atoms with Crippen LogP contribution in [0.2, 0.25) is 0 Å². The third kappa shape index (κ3) is 5.02. The van der Waals surface area contributed by atoms with Crippen LogP contribution < -0.4 is 11.1 Å². The maximum absolute atomic E-state index is 12.6. The van der Waals surface area contributed by atoms with Crippen LogP contribution in [0, 0.1) is 0 Å². The normalized spacial score (nSPS) is 14.2. The lowest BCUT2D eigenvalue weighted by molar-refractivity contribution is -0.137. The monoisotopic (exact) mass is 371 g/mol. The Labute approximate surface area is 148 Å². The van der Waals surface area contributed by atoms with Crippen molar-refractivity contribution in [2.75, 3.05) is 0 Å². The zero-order valence-corrected chi connectivity index (χ0v) is 14.8. The quantitative estimate of drug-likeness (QED) is 0.808. The number of hydrogen-bond acceptors (Lipinski definition) is 4. The smallest absolute Gasteiger partial charge is 0.349 e. The number of rotatable bonds is 6. The fraction of sp³-hybridized carbons (Fsp3) is 0.412. The number of halogens is 3. The molecule has 0 fully saturated rings. The molecule has 0 bridgehead atoms. The fourth-order valence-electron chi connectivity index (χ4n) is 2.33. The first-order valence-electron chi connectivity index (χ1n) is 7.82. The molecule has 1 unspecified atom stereocenters. The third-order valence-corrected chi connectivity index (χ3v) is 4.67. The molecular formula is C17H20F3N3OS. The van der Waals surface area contributed by atoms with Gasteiger partial charge in [-0.2, -0.15) is 13.2 Å². The van der Waals surface area contributed by atoms with E-state index in [0.717, 1.165) is 18.6 Å². The summed E-state index contributed by atoms with van der Waals surface area (Å²) < 4.78 is 37.8. The maximum Gasteiger partial charge on any atom is 0.416 e. The van der Waals surface area contributed by atoms with E-state index in [-0.39, 0.29) is 12.5 Å². The van der Waals surface area contributed by atoms with Crippen LogP contribution >= 0.6 is 11.3 Å². The third-order valence-electron chi connectivity index (χ3n) is 3.73. The Morgan fingerprint density at radius 2 is 1.92 bits per heavy atom. The highest BCUT2D eigenvalue weighted by molar-refractivity contribution is 7.13. The van der Waals surface area contributed by atoms with Crippen molar-refractivity contribution in [1.82, 2.24) is 10.3 Å².